The van der Waals surface area contributed by atoms with Gasteiger partial charge in [-0.05, 0) is 28.4 Å². The average Bonchev–Trinajstić information content (AvgIpc) is 2.74. The molecule has 1 unspecified atom stereocenters. The number of benzene rings is 1. The van der Waals surface area contributed by atoms with E-state index in [1.807, 2.05) is 18.2 Å². The van der Waals surface area contributed by atoms with Crippen molar-refractivity contribution >= 4 is 38.7 Å². The minimum absolute atomic E-state index is 0.203. The number of carbonyl (C=O) groups excluding carboxylic acids is 2. The predicted octanol–water partition coefficient (Wildman–Crippen LogP) is 2.72. The lowest BCUT2D eigenvalue weighted by Crippen LogP contribution is -2.39. The molecular formula is C13H10BrNO3. The Morgan fingerprint density at radius 1 is 1.33 bits per heavy atom. The molecule has 1 fully saturated rings. The van der Waals surface area contributed by atoms with E-state index in [1.165, 1.54) is 0 Å². The third-order valence-electron chi connectivity index (χ3n) is 3.20. The number of fused-ring (bicyclic) bond motifs is 1. The van der Waals surface area contributed by atoms with E-state index < -0.39 is 0 Å². The molecule has 1 N–H and O–H groups in total. The number of hydrogen-bond acceptors (Lipinski definition) is 3. The first-order chi connectivity index (χ1) is 8.66. The van der Waals surface area contributed by atoms with Crippen molar-refractivity contribution in [3.05, 3.63) is 34.5 Å². The number of amides is 2. The molecule has 2 aromatic rings. The maximum atomic E-state index is 11.8. The Bertz CT molecular complexity index is 647. The fourth-order valence-corrected chi connectivity index (χ4v) is 2.76. The van der Waals surface area contributed by atoms with E-state index in [4.69, 9.17) is 4.42 Å². The van der Waals surface area contributed by atoms with Gasteiger partial charge in [0.15, 0.2) is 0 Å². The zero-order valence-electron chi connectivity index (χ0n) is 9.40. The summed E-state index contributed by atoms with van der Waals surface area (Å²) in [4.78, 5) is 23.0. The van der Waals surface area contributed by atoms with Crippen LogP contribution in [-0.2, 0) is 9.59 Å². The largest absolute Gasteiger partial charge is 0.463 e. The number of furan rings is 1. The summed E-state index contributed by atoms with van der Waals surface area (Å²) in [5, 5.41) is 3.28. The smallest absolute Gasteiger partial charge is 0.234 e. The van der Waals surface area contributed by atoms with Crippen molar-refractivity contribution in [2.24, 2.45) is 0 Å². The summed E-state index contributed by atoms with van der Waals surface area (Å²) in [6.07, 6.45) is 2.51. The van der Waals surface area contributed by atoms with Crippen molar-refractivity contribution < 1.29 is 14.0 Å². The van der Waals surface area contributed by atoms with E-state index in [-0.39, 0.29) is 17.7 Å². The number of halogens is 1. The Hall–Kier alpha value is -1.62. The van der Waals surface area contributed by atoms with Crippen molar-refractivity contribution in [2.45, 2.75) is 18.8 Å². The van der Waals surface area contributed by atoms with Crippen LogP contribution in [0, 0.1) is 0 Å². The summed E-state index contributed by atoms with van der Waals surface area (Å²) in [5.74, 6) is -0.752. The molecule has 2 amide bonds. The molecule has 0 saturated carbocycles. The summed E-state index contributed by atoms with van der Waals surface area (Å²) in [7, 11) is 0. The fraction of sp³-hybridized carbons (Fsp3) is 0.231. The van der Waals surface area contributed by atoms with Crippen LogP contribution in [0.4, 0.5) is 0 Å². The van der Waals surface area contributed by atoms with Crippen LogP contribution in [0.15, 0.2) is 33.4 Å². The summed E-state index contributed by atoms with van der Waals surface area (Å²) in [5.41, 5.74) is 1.58. The maximum Gasteiger partial charge on any atom is 0.234 e. The second-order valence-corrected chi connectivity index (χ2v) is 5.17. The molecule has 4 nitrogen and oxygen atoms in total. The molecule has 1 saturated heterocycles. The minimum atomic E-state index is -0.307. The van der Waals surface area contributed by atoms with Gasteiger partial charge in [0.25, 0.3) is 0 Å². The Labute approximate surface area is 111 Å². The highest BCUT2D eigenvalue weighted by Gasteiger charge is 2.30. The zero-order chi connectivity index (χ0) is 12.7. The van der Waals surface area contributed by atoms with Gasteiger partial charge in [0.2, 0.25) is 11.8 Å². The van der Waals surface area contributed by atoms with E-state index >= 15 is 0 Å². The van der Waals surface area contributed by atoms with Crippen LogP contribution in [0.3, 0.4) is 0 Å². The predicted molar refractivity (Wildman–Crippen MR) is 69.0 cm³/mol. The molecule has 1 aromatic carbocycles. The Kier molecular flexibility index (Phi) is 2.70. The average molecular weight is 308 g/mol. The van der Waals surface area contributed by atoms with Crippen LogP contribution in [0.5, 0.6) is 0 Å². The lowest BCUT2D eigenvalue weighted by Gasteiger charge is -2.19. The summed E-state index contributed by atoms with van der Waals surface area (Å²) < 4.78 is 6.36. The van der Waals surface area contributed by atoms with Crippen molar-refractivity contribution in [1.82, 2.24) is 5.32 Å². The van der Waals surface area contributed by atoms with Gasteiger partial charge in [0, 0.05) is 17.4 Å². The quantitative estimate of drug-likeness (QED) is 0.824. The van der Waals surface area contributed by atoms with E-state index in [1.54, 1.807) is 6.26 Å². The SMILES string of the molecule is O=C1CCC(c2coc3c(Br)cccc23)C(=O)N1. The van der Waals surface area contributed by atoms with Crippen molar-refractivity contribution in [2.75, 3.05) is 0 Å². The van der Waals surface area contributed by atoms with E-state index in [0.717, 1.165) is 21.0 Å². The van der Waals surface area contributed by atoms with Crippen molar-refractivity contribution in [3.8, 4) is 0 Å². The first-order valence-corrected chi connectivity index (χ1v) is 6.45. The molecule has 1 atom stereocenters. The molecular weight excluding hydrogens is 298 g/mol. The number of para-hydroxylation sites is 1. The standard InChI is InChI=1S/C13H10BrNO3/c14-10-3-1-2-7-9(6-18-12(7)10)8-4-5-11(16)15-13(8)17/h1-3,6,8H,4-5H2,(H,15,16,17). The highest BCUT2D eigenvalue weighted by atomic mass is 79.9. The van der Waals surface area contributed by atoms with Gasteiger partial charge in [-0.2, -0.15) is 0 Å². The van der Waals surface area contributed by atoms with Gasteiger partial charge >= 0.3 is 0 Å². The van der Waals surface area contributed by atoms with Gasteiger partial charge in [-0.1, -0.05) is 12.1 Å². The molecule has 1 aliphatic heterocycles. The number of nitrogens with one attached hydrogen (secondary N) is 1. The molecule has 3 rings (SSSR count). The van der Waals surface area contributed by atoms with E-state index in [0.29, 0.717) is 12.8 Å². The van der Waals surface area contributed by atoms with Crippen LogP contribution in [0.25, 0.3) is 11.0 Å². The first-order valence-electron chi connectivity index (χ1n) is 5.66. The Morgan fingerprint density at radius 2 is 2.17 bits per heavy atom. The molecule has 92 valence electrons. The fourth-order valence-electron chi connectivity index (χ4n) is 2.30. The number of imide groups is 1. The monoisotopic (exact) mass is 307 g/mol. The number of hydrogen-bond donors (Lipinski definition) is 1. The molecule has 0 bridgehead atoms. The normalized spacial score (nSPS) is 20.2. The van der Waals surface area contributed by atoms with Gasteiger partial charge in [0.1, 0.15) is 5.58 Å². The van der Waals surface area contributed by atoms with Crippen LogP contribution < -0.4 is 5.32 Å². The third-order valence-corrected chi connectivity index (χ3v) is 3.82. The van der Waals surface area contributed by atoms with Crippen LogP contribution in [0.1, 0.15) is 24.3 Å². The first kappa shape index (κ1) is 11.5. The lowest BCUT2D eigenvalue weighted by molar-refractivity contribution is -0.134. The molecule has 18 heavy (non-hydrogen) atoms. The highest BCUT2D eigenvalue weighted by molar-refractivity contribution is 9.10. The number of carbonyl (C=O) groups is 2. The van der Waals surface area contributed by atoms with Gasteiger partial charge in [-0.25, -0.2) is 0 Å². The van der Waals surface area contributed by atoms with Crippen molar-refractivity contribution in [3.63, 3.8) is 0 Å². The topological polar surface area (TPSA) is 59.3 Å². The van der Waals surface area contributed by atoms with Gasteiger partial charge in [-0.3, -0.25) is 14.9 Å². The van der Waals surface area contributed by atoms with Gasteiger partial charge < -0.3 is 4.42 Å². The summed E-state index contributed by atoms with van der Waals surface area (Å²) >= 11 is 3.41. The summed E-state index contributed by atoms with van der Waals surface area (Å²) in [6, 6.07) is 5.71. The minimum Gasteiger partial charge on any atom is -0.463 e. The van der Waals surface area contributed by atoms with E-state index in [2.05, 4.69) is 21.2 Å². The lowest BCUT2D eigenvalue weighted by atomic mass is 9.90. The molecule has 5 heteroatoms. The highest BCUT2D eigenvalue weighted by Crippen LogP contribution is 2.35. The van der Waals surface area contributed by atoms with E-state index in [9.17, 15) is 9.59 Å². The second-order valence-electron chi connectivity index (χ2n) is 4.31. The van der Waals surface area contributed by atoms with Crippen LogP contribution in [-0.4, -0.2) is 11.8 Å². The molecule has 2 heterocycles. The Balaban J connectivity index is 2.07. The molecule has 1 aromatic heterocycles. The summed E-state index contributed by atoms with van der Waals surface area (Å²) in [6.45, 7) is 0. The van der Waals surface area contributed by atoms with Gasteiger partial charge in [0.05, 0.1) is 16.7 Å². The maximum absolute atomic E-state index is 11.8. The molecule has 0 radical (unpaired) electrons. The Morgan fingerprint density at radius 3 is 2.94 bits per heavy atom. The van der Waals surface area contributed by atoms with Crippen LogP contribution in [0.2, 0.25) is 0 Å². The molecule has 0 spiro atoms. The van der Waals surface area contributed by atoms with Crippen LogP contribution >= 0.6 is 15.9 Å². The van der Waals surface area contributed by atoms with Gasteiger partial charge in [-0.15, -0.1) is 0 Å². The molecule has 1 aliphatic rings. The van der Waals surface area contributed by atoms with Crippen molar-refractivity contribution in [1.29, 1.82) is 0 Å². The molecule has 0 aliphatic carbocycles. The zero-order valence-corrected chi connectivity index (χ0v) is 11.0. The number of rotatable bonds is 1. The third kappa shape index (κ3) is 1.75. The number of piperidine rings is 1. The second kappa shape index (κ2) is 4.24.